The van der Waals surface area contributed by atoms with Crippen molar-refractivity contribution in [3.8, 4) is 0 Å². The standard InChI is InChI=1S/C15H19Si.3ClH.Ti/c1-16(2,3)15-10-8-14(9-11-15)12-13-6-4-5-7-13;;;;/h4-5,8-11H,6,12H2,1-3H3;3*1H;/q;;;;+3/p-3. The molecule has 0 aliphatic heterocycles. The summed E-state index contributed by atoms with van der Waals surface area (Å²) in [5.74, 6) is 0. The van der Waals surface area contributed by atoms with Gasteiger partial charge in [-0.05, 0) is 0 Å². The van der Waals surface area contributed by atoms with Crippen molar-refractivity contribution in [2.45, 2.75) is 32.5 Å². The van der Waals surface area contributed by atoms with E-state index in [1.807, 2.05) is 0 Å². The van der Waals surface area contributed by atoms with Crippen LogP contribution in [-0.4, -0.2) is 8.07 Å². The minimum Gasteiger partial charge on any atom is -1.00 e. The molecule has 0 spiro atoms. The van der Waals surface area contributed by atoms with Crippen molar-refractivity contribution in [3.05, 3.63) is 51.4 Å². The number of rotatable bonds is 3. The summed E-state index contributed by atoms with van der Waals surface area (Å²) >= 11 is 2.22. The van der Waals surface area contributed by atoms with E-state index in [-0.39, 0.29) is 37.2 Å². The summed E-state index contributed by atoms with van der Waals surface area (Å²) in [5.41, 5.74) is 3.02. The summed E-state index contributed by atoms with van der Waals surface area (Å²) in [5, 5.41) is 1.55. The topological polar surface area (TPSA) is 0 Å². The largest absolute Gasteiger partial charge is 1.00 e. The number of hydrogen-bond donors (Lipinski definition) is 0. The van der Waals surface area contributed by atoms with Crippen molar-refractivity contribution in [1.29, 1.82) is 0 Å². The molecule has 0 N–H and O–H groups in total. The Hall–Kier alpha value is 0.501. The predicted octanol–water partition coefficient (Wildman–Crippen LogP) is -5.45. The van der Waals surface area contributed by atoms with Crippen LogP contribution in [0.25, 0.3) is 0 Å². The van der Waals surface area contributed by atoms with Gasteiger partial charge in [0.15, 0.2) is 0 Å². The van der Waals surface area contributed by atoms with Crippen LogP contribution >= 0.6 is 0 Å². The average molecular weight is 382 g/mol. The molecule has 0 nitrogen and oxygen atoms in total. The summed E-state index contributed by atoms with van der Waals surface area (Å²) < 4.78 is 1.46. The zero-order valence-electron chi connectivity index (χ0n) is 12.0. The minimum atomic E-state index is -1.14. The van der Waals surface area contributed by atoms with Crippen LogP contribution < -0.4 is 42.4 Å². The molecule has 20 heavy (non-hydrogen) atoms. The van der Waals surface area contributed by atoms with Crippen LogP contribution in [0.2, 0.25) is 19.6 Å². The Labute approximate surface area is 154 Å². The van der Waals surface area contributed by atoms with E-state index in [1.165, 1.54) is 9.44 Å². The normalized spacial score (nSPS) is 13.4. The van der Waals surface area contributed by atoms with E-state index >= 15 is 0 Å². The van der Waals surface area contributed by atoms with Crippen molar-refractivity contribution in [1.82, 2.24) is 0 Å². The molecule has 1 aromatic rings. The Morgan fingerprint density at radius 1 is 1.00 bits per heavy atom. The van der Waals surface area contributed by atoms with Gasteiger partial charge in [-0.2, -0.15) is 0 Å². The maximum Gasteiger partial charge on any atom is -1.00 e. The Balaban J connectivity index is 0. The Morgan fingerprint density at radius 3 is 1.95 bits per heavy atom. The van der Waals surface area contributed by atoms with E-state index < -0.39 is 8.07 Å². The van der Waals surface area contributed by atoms with Crippen LogP contribution in [0.15, 0.2) is 45.9 Å². The molecule has 0 aromatic heterocycles. The smallest absolute Gasteiger partial charge is 1.00 e. The minimum absolute atomic E-state index is 0. The van der Waals surface area contributed by atoms with E-state index in [2.05, 4.69) is 76.5 Å². The van der Waals surface area contributed by atoms with Crippen LogP contribution in [0.5, 0.6) is 0 Å². The van der Waals surface area contributed by atoms with Gasteiger partial charge in [0.2, 0.25) is 0 Å². The molecule has 0 amide bonds. The fourth-order valence-electron chi connectivity index (χ4n) is 2.08. The molecule has 0 atom stereocenters. The molecule has 108 valence electrons. The predicted molar refractivity (Wildman–Crippen MR) is 73.9 cm³/mol. The third-order valence-electron chi connectivity index (χ3n) is 3.27. The zero-order chi connectivity index (χ0) is 12.5. The van der Waals surface area contributed by atoms with Crippen molar-refractivity contribution < 1.29 is 57.7 Å². The number of hydrogen-bond acceptors (Lipinski definition) is 0. The van der Waals surface area contributed by atoms with E-state index in [9.17, 15) is 0 Å². The van der Waals surface area contributed by atoms with Gasteiger partial charge < -0.3 is 37.2 Å². The monoisotopic (exact) mass is 380 g/mol. The van der Waals surface area contributed by atoms with Gasteiger partial charge in [0.1, 0.15) is 0 Å². The van der Waals surface area contributed by atoms with Crippen molar-refractivity contribution in [2.24, 2.45) is 0 Å². The van der Waals surface area contributed by atoms with Gasteiger partial charge in [-0.1, -0.05) is 0 Å². The fraction of sp³-hybridized carbons (Fsp3) is 0.333. The molecule has 1 aliphatic rings. The molecule has 5 heteroatoms. The van der Waals surface area contributed by atoms with Gasteiger partial charge in [-0.3, -0.25) is 0 Å². The second-order valence-electron chi connectivity index (χ2n) is 5.75. The summed E-state index contributed by atoms with van der Waals surface area (Å²) in [6, 6.07) is 9.29. The third kappa shape index (κ3) is 6.09. The van der Waals surface area contributed by atoms with Crippen LogP contribution in [0.4, 0.5) is 0 Å². The van der Waals surface area contributed by atoms with E-state index in [1.54, 1.807) is 10.8 Å². The maximum atomic E-state index is 2.40. The van der Waals surface area contributed by atoms with Gasteiger partial charge in [0.25, 0.3) is 0 Å². The molecule has 1 aromatic carbocycles. The first-order valence-electron chi connectivity index (χ1n) is 6.16. The first-order valence-corrected chi connectivity index (χ1v) is 10.4. The molecule has 0 heterocycles. The first-order chi connectivity index (χ1) is 7.97. The Kier molecular flexibility index (Phi) is 10.8. The van der Waals surface area contributed by atoms with Crippen LogP contribution in [-0.2, 0) is 26.9 Å². The van der Waals surface area contributed by atoms with Crippen LogP contribution in [0.3, 0.4) is 0 Å². The van der Waals surface area contributed by atoms with E-state index in [0.29, 0.717) is 0 Å². The van der Waals surface area contributed by atoms with Crippen LogP contribution in [0, 0.1) is 0 Å². The van der Waals surface area contributed by atoms with Crippen molar-refractivity contribution in [2.75, 3.05) is 0 Å². The van der Waals surface area contributed by atoms with Gasteiger partial charge in [-0.15, -0.1) is 0 Å². The van der Waals surface area contributed by atoms with Crippen molar-refractivity contribution in [3.63, 3.8) is 0 Å². The molecule has 0 bridgehead atoms. The maximum absolute atomic E-state index is 2.40. The number of halogens is 3. The van der Waals surface area contributed by atoms with Crippen LogP contribution in [0.1, 0.15) is 12.0 Å². The summed E-state index contributed by atoms with van der Waals surface area (Å²) in [6.07, 6.45) is 6.76. The van der Waals surface area contributed by atoms with E-state index in [0.717, 1.165) is 12.8 Å². The van der Waals surface area contributed by atoms with Gasteiger partial charge in [0.05, 0.1) is 0 Å². The second kappa shape index (κ2) is 9.50. The SMILES string of the molecule is C[Si](C)(C)c1ccc(CC2=[C]([Ti+3])C=CC2)cc1.[Cl-].[Cl-].[Cl-]. The molecule has 0 radical (unpaired) electrons. The summed E-state index contributed by atoms with van der Waals surface area (Å²) in [4.78, 5) is 0. The number of allylic oxidation sites excluding steroid dienone is 4. The molecule has 1 aliphatic carbocycles. The molecule has 0 saturated carbocycles. The molecule has 0 saturated heterocycles. The molecule has 2 rings (SSSR count). The quantitative estimate of drug-likeness (QED) is 0.459. The molecular weight excluding hydrogens is 362 g/mol. The van der Waals surface area contributed by atoms with Gasteiger partial charge in [-0.25, -0.2) is 0 Å². The zero-order valence-corrected chi connectivity index (χ0v) is 16.8. The summed E-state index contributed by atoms with van der Waals surface area (Å²) in [7, 11) is -1.14. The molecule has 0 unspecified atom stereocenters. The second-order valence-corrected chi connectivity index (χ2v) is 11.7. The van der Waals surface area contributed by atoms with Gasteiger partial charge >= 0.3 is 118 Å². The summed E-state index contributed by atoms with van der Waals surface area (Å²) in [6.45, 7) is 7.20. The number of benzene rings is 1. The van der Waals surface area contributed by atoms with Crippen molar-refractivity contribution >= 4 is 13.3 Å². The molecular formula is C15H19Cl3SiTi. The van der Waals surface area contributed by atoms with E-state index in [4.69, 9.17) is 0 Å². The molecule has 0 fully saturated rings. The third-order valence-corrected chi connectivity index (χ3v) is 6.14. The Bertz CT molecular complexity index is 473. The first kappa shape index (κ1) is 22.8. The fourth-order valence-corrected chi connectivity index (χ4v) is 3.73. The Morgan fingerprint density at radius 2 is 1.55 bits per heavy atom. The average Bonchev–Trinajstić information content (AvgIpc) is 2.64. The van der Waals surface area contributed by atoms with Gasteiger partial charge in [0, 0.05) is 0 Å².